The first kappa shape index (κ1) is 25.8. The van der Waals surface area contributed by atoms with Crippen molar-refractivity contribution in [3.63, 3.8) is 0 Å². The number of aromatic nitrogens is 4. The van der Waals surface area contributed by atoms with Crippen LogP contribution >= 0.6 is 0 Å². The molecule has 7 rings (SSSR count). The van der Waals surface area contributed by atoms with Gasteiger partial charge in [0.05, 0.1) is 57.1 Å². The number of carbonyl (C=O) groups is 1. The summed E-state index contributed by atoms with van der Waals surface area (Å²) in [6, 6.07) is 7.71. The molecule has 3 N–H and O–H groups in total. The molecule has 0 unspecified atom stereocenters. The van der Waals surface area contributed by atoms with Crippen LogP contribution in [-0.4, -0.2) is 39.1 Å². The number of benzene rings is 2. The van der Waals surface area contributed by atoms with Crippen molar-refractivity contribution in [2.24, 2.45) is 0 Å². The van der Waals surface area contributed by atoms with E-state index in [1.54, 1.807) is 0 Å². The van der Waals surface area contributed by atoms with Gasteiger partial charge in [0.15, 0.2) is 0 Å². The van der Waals surface area contributed by atoms with Crippen molar-refractivity contribution in [1.29, 1.82) is 0 Å². The van der Waals surface area contributed by atoms with E-state index in [9.17, 15) is 22.8 Å². The van der Waals surface area contributed by atoms with Crippen LogP contribution in [0.4, 0.5) is 8.78 Å². The van der Waals surface area contributed by atoms with Crippen molar-refractivity contribution in [2.45, 2.75) is 24.6 Å². The smallest absolute Gasteiger partial charge is 0.282 e. The number of H-pyrrole nitrogens is 2. The number of hydrogen-bond acceptors (Lipinski definition) is 7. The maximum Gasteiger partial charge on any atom is 0.282 e. The largest absolute Gasteiger partial charge is 0.463 e. The minimum absolute atomic E-state index is 0.000677. The normalized spacial score (nSPS) is 13.8. The van der Waals surface area contributed by atoms with Gasteiger partial charge in [0.1, 0.15) is 22.9 Å². The second-order valence-electron chi connectivity index (χ2n) is 10.0. The highest BCUT2D eigenvalue weighted by molar-refractivity contribution is 7.91. The van der Waals surface area contributed by atoms with Gasteiger partial charge in [-0.3, -0.25) is 14.4 Å². The van der Waals surface area contributed by atoms with Crippen LogP contribution in [0, 0.1) is 11.6 Å². The van der Waals surface area contributed by atoms with Crippen LogP contribution in [0.5, 0.6) is 0 Å². The average molecular weight is 592 g/mol. The number of carbonyl (C=O) groups excluding carboxylic acids is 1. The fraction of sp³-hybridized carbons (Fsp3) is 0.143. The zero-order valence-electron chi connectivity index (χ0n) is 21.4. The van der Waals surface area contributed by atoms with Crippen molar-refractivity contribution in [3.05, 3.63) is 98.8 Å². The van der Waals surface area contributed by atoms with Crippen molar-refractivity contribution in [2.75, 3.05) is 0 Å². The van der Waals surface area contributed by atoms with Gasteiger partial charge >= 0.3 is 0 Å². The number of fused-ring (bicyclic) bond motifs is 4. The first-order valence-electron chi connectivity index (χ1n) is 12.8. The summed E-state index contributed by atoms with van der Waals surface area (Å²) in [5, 5.41) is -0.496. The molecule has 4 heterocycles. The van der Waals surface area contributed by atoms with Crippen LogP contribution in [0.15, 0.2) is 69.2 Å². The lowest BCUT2D eigenvalue weighted by atomic mass is 10.0. The summed E-state index contributed by atoms with van der Waals surface area (Å²) in [5.74, 6) is -2.61. The van der Waals surface area contributed by atoms with Gasteiger partial charge in [-0.25, -0.2) is 26.9 Å². The molecule has 1 aliphatic carbocycles. The molecule has 0 bridgehead atoms. The summed E-state index contributed by atoms with van der Waals surface area (Å²) in [6.45, 7) is -0.449. The topological polar surface area (TPSA) is 160 Å². The van der Waals surface area contributed by atoms with Gasteiger partial charge in [-0.15, -0.1) is 0 Å². The van der Waals surface area contributed by atoms with Crippen LogP contribution < -0.4 is 15.8 Å². The number of halogens is 2. The summed E-state index contributed by atoms with van der Waals surface area (Å²) < 4.78 is 65.4. The van der Waals surface area contributed by atoms with Crippen LogP contribution in [0.3, 0.4) is 0 Å². The van der Waals surface area contributed by atoms with Gasteiger partial charge in [0.2, 0.25) is 10.0 Å². The third-order valence-electron chi connectivity index (χ3n) is 7.35. The number of aromatic amines is 2. The Bertz CT molecular complexity index is 2330. The highest BCUT2D eigenvalue weighted by Gasteiger charge is 2.39. The van der Waals surface area contributed by atoms with E-state index in [0.29, 0.717) is 12.8 Å². The van der Waals surface area contributed by atoms with Crippen molar-refractivity contribution in [1.82, 2.24) is 24.2 Å². The Balaban J connectivity index is 1.58. The Kier molecular flexibility index (Phi) is 5.66. The molecular weight excluding hydrogens is 572 g/mol. The number of rotatable bonds is 6. The lowest BCUT2D eigenvalue weighted by Gasteiger charge is -2.14. The van der Waals surface area contributed by atoms with Gasteiger partial charge in [-0.2, -0.15) is 0 Å². The summed E-state index contributed by atoms with van der Waals surface area (Å²) >= 11 is 0. The summed E-state index contributed by atoms with van der Waals surface area (Å²) in [6.07, 6.45) is 4.50. The standard InChI is InChI=1S/C28H19F2N5O6S/c29-18-9-20-17(27(37)33-12-32-20)8-13(18)11-35-21-10-19(30)15-5-7-41-25(15)23(21)22(16-2-1-6-31-26(16)36)24(35)28(38)34-42(39,40)14-3-4-14/h1-2,5-10,12,14H,3-4,11H2,(H,31,36)(H,34,38)(H,32,33,37). The van der Waals surface area contributed by atoms with E-state index < -0.39 is 50.5 Å². The molecule has 0 aliphatic heterocycles. The Morgan fingerprint density at radius 2 is 1.88 bits per heavy atom. The molecule has 0 atom stereocenters. The van der Waals surface area contributed by atoms with E-state index in [2.05, 4.69) is 19.7 Å². The number of hydrogen-bond donors (Lipinski definition) is 3. The number of nitrogens with zero attached hydrogens (tertiary/aromatic N) is 2. The fourth-order valence-electron chi connectivity index (χ4n) is 5.25. The highest BCUT2D eigenvalue weighted by atomic mass is 32.2. The molecule has 6 aromatic rings. The van der Waals surface area contributed by atoms with Crippen molar-refractivity contribution < 1.29 is 26.4 Å². The van der Waals surface area contributed by atoms with Crippen molar-refractivity contribution >= 4 is 48.7 Å². The molecule has 0 saturated heterocycles. The number of pyridine rings is 1. The Morgan fingerprint density at radius 3 is 2.64 bits per heavy atom. The minimum Gasteiger partial charge on any atom is -0.463 e. The van der Waals surface area contributed by atoms with Gasteiger partial charge in [0, 0.05) is 23.4 Å². The Labute approximate surface area is 233 Å². The SMILES string of the molecule is O=C(NS(=O)(=O)C1CC1)c1c(-c2ccc[nH]c2=O)c2c3occc3c(F)cc2n1Cc1cc2c(=O)[nH]cnc2cc1F. The molecule has 14 heteroatoms. The molecule has 0 radical (unpaired) electrons. The minimum atomic E-state index is -4.08. The maximum atomic E-state index is 15.4. The van der Waals surface area contributed by atoms with E-state index in [1.165, 1.54) is 41.3 Å². The number of sulfonamides is 1. The highest BCUT2D eigenvalue weighted by Crippen LogP contribution is 2.41. The maximum absolute atomic E-state index is 15.4. The lowest BCUT2D eigenvalue weighted by Crippen LogP contribution is -2.35. The monoisotopic (exact) mass is 591 g/mol. The predicted molar refractivity (Wildman–Crippen MR) is 149 cm³/mol. The molecule has 1 aliphatic rings. The lowest BCUT2D eigenvalue weighted by molar-refractivity contribution is 0.0973. The second-order valence-corrected chi connectivity index (χ2v) is 12.0. The first-order valence-corrected chi connectivity index (χ1v) is 14.3. The molecule has 2 aromatic carbocycles. The molecule has 0 spiro atoms. The third kappa shape index (κ3) is 4.02. The number of furan rings is 1. The van der Waals surface area contributed by atoms with Crippen LogP contribution in [0.1, 0.15) is 28.9 Å². The quantitative estimate of drug-likeness (QED) is 0.267. The molecule has 212 valence electrons. The zero-order chi connectivity index (χ0) is 29.3. The Hall–Kier alpha value is -5.11. The first-order chi connectivity index (χ1) is 20.1. The van der Waals surface area contributed by atoms with E-state index in [0.717, 1.165) is 18.5 Å². The van der Waals surface area contributed by atoms with Gasteiger partial charge in [-0.1, -0.05) is 0 Å². The average Bonchev–Trinajstić information content (AvgIpc) is 3.62. The van der Waals surface area contributed by atoms with E-state index in [4.69, 9.17) is 4.42 Å². The summed E-state index contributed by atoms with van der Waals surface area (Å²) in [5.41, 5.74) is -1.51. The molecule has 4 aromatic heterocycles. The summed E-state index contributed by atoms with van der Waals surface area (Å²) in [4.78, 5) is 48.3. The zero-order valence-corrected chi connectivity index (χ0v) is 22.2. The molecule has 1 fully saturated rings. The fourth-order valence-corrected chi connectivity index (χ4v) is 6.53. The molecule has 1 amide bonds. The second kappa shape index (κ2) is 9.21. The van der Waals surface area contributed by atoms with Crippen molar-refractivity contribution in [3.8, 4) is 11.1 Å². The molecule has 1 saturated carbocycles. The predicted octanol–water partition coefficient (Wildman–Crippen LogP) is 3.53. The summed E-state index contributed by atoms with van der Waals surface area (Å²) in [7, 11) is -4.08. The molecule has 42 heavy (non-hydrogen) atoms. The van der Waals surface area contributed by atoms with Gasteiger partial charge in [0.25, 0.3) is 17.0 Å². The van der Waals surface area contributed by atoms with Crippen LogP contribution in [0.25, 0.3) is 43.9 Å². The molecular formula is C28H19F2N5O6S. The molecule has 11 nitrogen and oxygen atoms in total. The van der Waals surface area contributed by atoms with Gasteiger partial charge in [-0.05, 0) is 43.2 Å². The van der Waals surface area contributed by atoms with Crippen LogP contribution in [-0.2, 0) is 16.6 Å². The van der Waals surface area contributed by atoms with E-state index in [-0.39, 0.29) is 55.2 Å². The third-order valence-corrected chi connectivity index (χ3v) is 9.17. The van der Waals surface area contributed by atoms with Gasteiger partial charge < -0.3 is 19.0 Å². The van der Waals surface area contributed by atoms with E-state index in [1.807, 2.05) is 0 Å². The number of nitrogens with one attached hydrogen (secondary N) is 3. The number of amides is 1. The Morgan fingerprint density at radius 1 is 1.07 bits per heavy atom. The van der Waals surface area contributed by atoms with Crippen LogP contribution in [0.2, 0.25) is 0 Å². The van der Waals surface area contributed by atoms with E-state index >= 15 is 8.78 Å².